The Hall–Kier alpha value is -1.55. The highest BCUT2D eigenvalue weighted by atomic mass is 16.5. The number of ether oxygens (including phenoxy) is 2. The van der Waals surface area contributed by atoms with E-state index in [9.17, 15) is 4.79 Å². The number of hydrogen-bond acceptors (Lipinski definition) is 4. The Morgan fingerprint density at radius 3 is 2.60 bits per heavy atom. The first-order valence-electron chi connectivity index (χ1n) is 7.18. The molecule has 0 spiro atoms. The summed E-state index contributed by atoms with van der Waals surface area (Å²) in [4.78, 5) is 12.2. The Labute approximate surface area is 121 Å². The molecule has 0 aliphatic carbocycles. The van der Waals surface area contributed by atoms with Gasteiger partial charge in [-0.2, -0.15) is 0 Å². The van der Waals surface area contributed by atoms with Crippen molar-refractivity contribution >= 4 is 5.78 Å². The molecule has 112 valence electrons. The van der Waals surface area contributed by atoms with E-state index >= 15 is 0 Å². The molecule has 0 saturated carbocycles. The summed E-state index contributed by atoms with van der Waals surface area (Å²) in [7, 11) is 3.15. The molecule has 0 aliphatic heterocycles. The van der Waals surface area contributed by atoms with E-state index < -0.39 is 0 Å². The molecule has 0 atom stereocenters. The molecule has 20 heavy (non-hydrogen) atoms. The number of nitrogens with one attached hydrogen (secondary N) is 1. The average Bonchev–Trinajstić information content (AvgIpc) is 2.49. The van der Waals surface area contributed by atoms with Gasteiger partial charge in [0.05, 0.1) is 26.3 Å². The molecule has 0 fully saturated rings. The first kappa shape index (κ1) is 16.5. The predicted molar refractivity (Wildman–Crippen MR) is 80.9 cm³/mol. The molecule has 0 bridgehead atoms. The molecule has 0 unspecified atom stereocenters. The largest absolute Gasteiger partial charge is 0.497 e. The summed E-state index contributed by atoms with van der Waals surface area (Å²) in [6, 6.07) is 5.26. The third-order valence-corrected chi connectivity index (χ3v) is 3.20. The molecule has 0 aliphatic rings. The Morgan fingerprint density at radius 2 is 1.95 bits per heavy atom. The van der Waals surface area contributed by atoms with Gasteiger partial charge in [0.15, 0.2) is 5.78 Å². The lowest BCUT2D eigenvalue weighted by molar-refractivity contribution is 0.0988. The van der Waals surface area contributed by atoms with Gasteiger partial charge in [0.25, 0.3) is 0 Å². The zero-order valence-electron chi connectivity index (χ0n) is 12.7. The van der Waals surface area contributed by atoms with Gasteiger partial charge in [-0.3, -0.25) is 4.79 Å². The third-order valence-electron chi connectivity index (χ3n) is 3.20. The van der Waals surface area contributed by atoms with Crippen LogP contribution in [0.1, 0.15) is 43.0 Å². The fraction of sp³-hybridized carbons (Fsp3) is 0.562. The average molecular weight is 279 g/mol. The molecule has 0 radical (unpaired) electrons. The summed E-state index contributed by atoms with van der Waals surface area (Å²) in [5, 5.41) is 3.19. The number of ketones is 1. The molecule has 4 heteroatoms. The van der Waals surface area contributed by atoms with E-state index in [1.54, 1.807) is 32.4 Å². The second-order valence-electron chi connectivity index (χ2n) is 4.73. The van der Waals surface area contributed by atoms with Crippen LogP contribution in [0, 0.1) is 0 Å². The molecular weight excluding hydrogens is 254 g/mol. The summed E-state index contributed by atoms with van der Waals surface area (Å²) >= 11 is 0. The highest BCUT2D eigenvalue weighted by Gasteiger charge is 2.13. The van der Waals surface area contributed by atoms with Crippen LogP contribution in [0.5, 0.6) is 11.5 Å². The highest BCUT2D eigenvalue weighted by molar-refractivity contribution is 6.00. The van der Waals surface area contributed by atoms with Crippen molar-refractivity contribution in [2.75, 3.05) is 27.3 Å². The normalized spacial score (nSPS) is 10.3. The van der Waals surface area contributed by atoms with Gasteiger partial charge < -0.3 is 14.8 Å². The first-order valence-corrected chi connectivity index (χ1v) is 7.18. The fourth-order valence-electron chi connectivity index (χ4n) is 2.01. The zero-order valence-corrected chi connectivity index (χ0v) is 12.7. The van der Waals surface area contributed by atoms with Gasteiger partial charge in [0, 0.05) is 0 Å². The summed E-state index contributed by atoms with van der Waals surface area (Å²) in [6.45, 7) is 3.39. The van der Waals surface area contributed by atoms with Crippen molar-refractivity contribution in [2.45, 2.75) is 32.6 Å². The van der Waals surface area contributed by atoms with Crippen LogP contribution in [0.15, 0.2) is 18.2 Å². The van der Waals surface area contributed by atoms with Crippen molar-refractivity contribution in [3.63, 3.8) is 0 Å². The highest BCUT2D eigenvalue weighted by Crippen LogP contribution is 2.24. The standard InChI is InChI=1S/C16H25NO3/c1-4-5-6-7-10-17-12-15(18)14-11-13(19-2)8-9-16(14)20-3/h8-9,11,17H,4-7,10,12H2,1-3H3. The van der Waals surface area contributed by atoms with Gasteiger partial charge in [0.2, 0.25) is 0 Å². The number of benzene rings is 1. The minimum atomic E-state index is 0.0243. The van der Waals surface area contributed by atoms with Gasteiger partial charge in [-0.1, -0.05) is 26.2 Å². The first-order chi connectivity index (χ1) is 9.72. The van der Waals surface area contributed by atoms with E-state index in [1.165, 1.54) is 19.3 Å². The molecule has 1 aromatic carbocycles. The molecule has 1 rings (SSSR count). The molecular formula is C16H25NO3. The van der Waals surface area contributed by atoms with Crippen molar-refractivity contribution in [1.82, 2.24) is 5.32 Å². The van der Waals surface area contributed by atoms with Crippen molar-refractivity contribution in [3.05, 3.63) is 23.8 Å². The van der Waals surface area contributed by atoms with Gasteiger partial charge in [0.1, 0.15) is 11.5 Å². The maximum Gasteiger partial charge on any atom is 0.180 e. The molecule has 0 saturated heterocycles. The van der Waals surface area contributed by atoms with Crippen molar-refractivity contribution in [3.8, 4) is 11.5 Å². The van der Waals surface area contributed by atoms with Crippen LogP contribution >= 0.6 is 0 Å². The molecule has 4 nitrogen and oxygen atoms in total. The number of carbonyl (C=O) groups excluding carboxylic acids is 1. The van der Waals surface area contributed by atoms with Crippen molar-refractivity contribution in [2.24, 2.45) is 0 Å². The van der Waals surface area contributed by atoms with Crippen LogP contribution in [0.3, 0.4) is 0 Å². The zero-order chi connectivity index (χ0) is 14.8. The maximum atomic E-state index is 12.2. The summed E-state index contributed by atoms with van der Waals surface area (Å²) < 4.78 is 10.4. The van der Waals surface area contributed by atoms with Crippen LogP contribution in [-0.2, 0) is 0 Å². The van der Waals surface area contributed by atoms with E-state index in [2.05, 4.69) is 12.2 Å². The quantitative estimate of drug-likeness (QED) is 0.528. The minimum Gasteiger partial charge on any atom is -0.497 e. The number of Topliss-reactive ketones (excluding diaryl/α,β-unsaturated/α-hetero) is 1. The lowest BCUT2D eigenvalue weighted by atomic mass is 10.1. The topological polar surface area (TPSA) is 47.6 Å². The molecule has 0 aromatic heterocycles. The summed E-state index contributed by atoms with van der Waals surface area (Å²) in [5.41, 5.74) is 0.563. The van der Waals surface area contributed by atoms with Crippen LogP contribution in [0.25, 0.3) is 0 Å². The maximum absolute atomic E-state index is 12.2. The van der Waals surface area contributed by atoms with Gasteiger partial charge in [-0.25, -0.2) is 0 Å². The number of rotatable bonds is 10. The molecule has 0 amide bonds. The lowest BCUT2D eigenvalue weighted by Crippen LogP contribution is -2.24. The van der Waals surface area contributed by atoms with Crippen LogP contribution in [0.2, 0.25) is 0 Å². The van der Waals surface area contributed by atoms with Gasteiger partial charge in [-0.15, -0.1) is 0 Å². The molecule has 0 heterocycles. The summed E-state index contributed by atoms with van der Waals surface area (Å²) in [6.07, 6.45) is 4.79. The van der Waals surface area contributed by atoms with E-state index in [4.69, 9.17) is 9.47 Å². The number of carbonyl (C=O) groups is 1. The number of methoxy groups -OCH3 is 2. The van der Waals surface area contributed by atoms with E-state index in [-0.39, 0.29) is 5.78 Å². The smallest absolute Gasteiger partial charge is 0.180 e. The molecule has 1 N–H and O–H groups in total. The van der Waals surface area contributed by atoms with E-state index in [0.717, 1.165) is 13.0 Å². The Balaban J connectivity index is 2.49. The second kappa shape index (κ2) is 9.37. The van der Waals surface area contributed by atoms with E-state index in [0.29, 0.717) is 23.6 Å². The van der Waals surface area contributed by atoms with Crippen LogP contribution in [-0.4, -0.2) is 33.1 Å². The Morgan fingerprint density at radius 1 is 1.15 bits per heavy atom. The summed E-state index contributed by atoms with van der Waals surface area (Å²) in [5.74, 6) is 1.27. The van der Waals surface area contributed by atoms with Crippen molar-refractivity contribution in [1.29, 1.82) is 0 Å². The minimum absolute atomic E-state index is 0.0243. The third kappa shape index (κ3) is 5.21. The SMILES string of the molecule is CCCCCCNCC(=O)c1cc(OC)ccc1OC. The van der Waals surface area contributed by atoms with Crippen molar-refractivity contribution < 1.29 is 14.3 Å². The predicted octanol–water partition coefficient (Wildman–Crippen LogP) is 3.06. The lowest BCUT2D eigenvalue weighted by Gasteiger charge is -2.10. The number of unbranched alkanes of at least 4 members (excludes halogenated alkanes) is 3. The monoisotopic (exact) mass is 279 g/mol. The molecule has 1 aromatic rings. The van der Waals surface area contributed by atoms with Crippen LogP contribution < -0.4 is 14.8 Å². The van der Waals surface area contributed by atoms with Gasteiger partial charge >= 0.3 is 0 Å². The Kier molecular flexibility index (Phi) is 7.73. The second-order valence-corrected chi connectivity index (χ2v) is 4.73. The fourth-order valence-corrected chi connectivity index (χ4v) is 2.01. The Bertz CT molecular complexity index is 418. The number of hydrogen-bond donors (Lipinski definition) is 1. The van der Waals surface area contributed by atoms with Crippen LogP contribution in [0.4, 0.5) is 0 Å². The van der Waals surface area contributed by atoms with Gasteiger partial charge in [-0.05, 0) is 31.2 Å². The van der Waals surface area contributed by atoms with E-state index in [1.807, 2.05) is 0 Å².